The number of ether oxygens (including phenoxy) is 1. The van der Waals surface area contributed by atoms with Crippen molar-refractivity contribution in [1.82, 2.24) is 5.48 Å². The van der Waals surface area contributed by atoms with E-state index in [4.69, 9.17) is 9.94 Å². The number of benzene rings is 2. The molecule has 1 atom stereocenters. The van der Waals surface area contributed by atoms with Gasteiger partial charge in [0, 0.05) is 6.08 Å². The number of hydrogen-bond donors (Lipinski definition) is 2. The van der Waals surface area contributed by atoms with E-state index in [2.05, 4.69) is 12.1 Å². The lowest BCUT2D eigenvalue weighted by Crippen LogP contribution is -2.15. The summed E-state index contributed by atoms with van der Waals surface area (Å²) in [6.07, 6.45) is 4.62. The minimum absolute atomic E-state index is 0.155. The van der Waals surface area contributed by atoms with Crippen LogP contribution < -0.4 is 10.2 Å². The van der Waals surface area contributed by atoms with Crippen molar-refractivity contribution in [3.63, 3.8) is 0 Å². The highest BCUT2D eigenvalue weighted by molar-refractivity contribution is 5.86. The Bertz CT molecular complexity index is 736. The second-order valence-corrected chi connectivity index (χ2v) is 5.44. The van der Waals surface area contributed by atoms with Crippen molar-refractivity contribution in [2.24, 2.45) is 0 Å². The highest BCUT2D eigenvalue weighted by Crippen LogP contribution is 2.24. The van der Waals surface area contributed by atoms with Gasteiger partial charge in [0.2, 0.25) is 0 Å². The van der Waals surface area contributed by atoms with Gasteiger partial charge in [-0.25, -0.2) is 5.48 Å². The molecule has 0 spiro atoms. The number of nitrogens with one attached hydrogen (secondary N) is 1. The molecule has 2 N–H and O–H groups in total. The van der Waals surface area contributed by atoms with E-state index in [1.807, 2.05) is 62.4 Å². The molecule has 0 aromatic heterocycles. The second-order valence-electron chi connectivity index (χ2n) is 5.44. The van der Waals surface area contributed by atoms with Crippen molar-refractivity contribution < 1.29 is 14.7 Å². The summed E-state index contributed by atoms with van der Waals surface area (Å²) in [4.78, 5) is 11.0. The van der Waals surface area contributed by atoms with Crippen LogP contribution in [-0.2, 0) is 4.79 Å². The molecule has 4 heteroatoms. The van der Waals surface area contributed by atoms with Crippen LogP contribution in [0.25, 0.3) is 11.1 Å². The summed E-state index contributed by atoms with van der Waals surface area (Å²) in [7, 11) is 0. The number of allylic oxidation sites excluding steroid dienone is 2. The zero-order valence-corrected chi connectivity index (χ0v) is 13.8. The first-order chi connectivity index (χ1) is 11.6. The van der Waals surface area contributed by atoms with Crippen molar-refractivity contribution >= 4 is 5.91 Å². The smallest absolute Gasteiger partial charge is 0.267 e. The van der Waals surface area contributed by atoms with Gasteiger partial charge in [0.05, 0.1) is 0 Å². The van der Waals surface area contributed by atoms with E-state index in [-0.39, 0.29) is 6.10 Å². The zero-order chi connectivity index (χ0) is 17.4. The lowest BCUT2D eigenvalue weighted by molar-refractivity contribution is -0.124. The van der Waals surface area contributed by atoms with Gasteiger partial charge in [-0.05, 0) is 43.2 Å². The quantitative estimate of drug-likeness (QED) is 0.364. The minimum atomic E-state index is -0.563. The average Bonchev–Trinajstić information content (AvgIpc) is 2.60. The van der Waals surface area contributed by atoms with Gasteiger partial charge in [-0.15, -0.1) is 0 Å². The van der Waals surface area contributed by atoms with E-state index in [1.54, 1.807) is 11.6 Å². The molecule has 2 aromatic carbocycles. The molecule has 0 bridgehead atoms. The van der Waals surface area contributed by atoms with Gasteiger partial charge < -0.3 is 4.74 Å². The van der Waals surface area contributed by atoms with Gasteiger partial charge in [-0.3, -0.25) is 10.0 Å². The fraction of sp³-hybridized carbons (Fsp3) is 0.150. The molecule has 0 aliphatic rings. The lowest BCUT2D eigenvalue weighted by Gasteiger charge is -2.13. The van der Waals surface area contributed by atoms with Crippen molar-refractivity contribution in [2.75, 3.05) is 0 Å². The Morgan fingerprint density at radius 3 is 2.50 bits per heavy atom. The normalized spacial score (nSPS) is 12.9. The lowest BCUT2D eigenvalue weighted by atomic mass is 10.1. The average molecular weight is 323 g/mol. The number of rotatable bonds is 6. The topological polar surface area (TPSA) is 58.6 Å². The molecular weight excluding hydrogens is 302 g/mol. The standard InChI is InChI=1S/C20H21NO3/c1-15(11-12-20(22)21-23)13-16(2)24-19-10-6-9-18(14-19)17-7-4-3-5-8-17/h3-14,16,23H,1-2H3,(H,21,22)/b12-11+,15-13+. The maximum absolute atomic E-state index is 11.0. The van der Waals surface area contributed by atoms with Gasteiger partial charge in [0.15, 0.2) is 0 Å². The van der Waals surface area contributed by atoms with Crippen LogP contribution in [0.15, 0.2) is 78.4 Å². The van der Waals surface area contributed by atoms with Crippen molar-refractivity contribution in [2.45, 2.75) is 20.0 Å². The summed E-state index contributed by atoms with van der Waals surface area (Å²) in [5, 5.41) is 8.45. The third kappa shape index (κ3) is 5.41. The van der Waals surface area contributed by atoms with Crippen LogP contribution in [0.3, 0.4) is 0 Å². The fourth-order valence-electron chi connectivity index (χ4n) is 2.30. The SMILES string of the molecule is CC(/C=C/C(=O)NO)=C\C(C)Oc1cccc(-c2ccccc2)c1. The molecule has 1 amide bonds. The minimum Gasteiger partial charge on any atom is -0.487 e. The van der Waals surface area contributed by atoms with Crippen molar-refractivity contribution in [3.05, 3.63) is 78.4 Å². The van der Waals surface area contributed by atoms with Crippen molar-refractivity contribution in [1.29, 1.82) is 0 Å². The molecule has 2 rings (SSSR count). The fourth-order valence-corrected chi connectivity index (χ4v) is 2.30. The first kappa shape index (κ1) is 17.5. The molecule has 24 heavy (non-hydrogen) atoms. The Balaban J connectivity index is 2.05. The van der Waals surface area contributed by atoms with E-state index in [1.165, 1.54) is 6.08 Å². The second kappa shape index (κ2) is 8.70. The molecule has 0 aliphatic carbocycles. The van der Waals surface area contributed by atoms with Crippen LogP contribution in [0.4, 0.5) is 0 Å². The number of carbonyl (C=O) groups is 1. The van der Waals surface area contributed by atoms with E-state index < -0.39 is 5.91 Å². The number of hydrogen-bond acceptors (Lipinski definition) is 3. The molecule has 0 fully saturated rings. The summed E-state index contributed by atoms with van der Waals surface area (Å²) in [5.41, 5.74) is 4.65. The molecule has 0 heterocycles. The van der Waals surface area contributed by atoms with Crippen LogP contribution in [-0.4, -0.2) is 17.2 Å². The Labute approximate surface area is 142 Å². The summed E-state index contributed by atoms with van der Waals surface area (Å²) in [5.74, 6) is 0.219. The van der Waals surface area contributed by atoms with Gasteiger partial charge >= 0.3 is 0 Å². The van der Waals surface area contributed by atoms with Crippen LogP contribution >= 0.6 is 0 Å². The Kier molecular flexibility index (Phi) is 6.34. The molecule has 0 aliphatic heterocycles. The molecule has 2 aromatic rings. The predicted molar refractivity (Wildman–Crippen MR) is 94.8 cm³/mol. The van der Waals surface area contributed by atoms with Gasteiger partial charge in [0.1, 0.15) is 11.9 Å². The summed E-state index contributed by atoms with van der Waals surface area (Å²) in [6.45, 7) is 3.79. The highest BCUT2D eigenvalue weighted by Gasteiger charge is 2.03. The maximum atomic E-state index is 11.0. The van der Waals surface area contributed by atoms with Crippen LogP contribution in [0.5, 0.6) is 5.75 Å². The Hall–Kier alpha value is -2.85. The van der Waals surface area contributed by atoms with Crippen LogP contribution in [0.1, 0.15) is 13.8 Å². The Morgan fingerprint density at radius 2 is 1.79 bits per heavy atom. The van der Waals surface area contributed by atoms with E-state index in [9.17, 15) is 4.79 Å². The van der Waals surface area contributed by atoms with Crippen LogP contribution in [0, 0.1) is 0 Å². The molecule has 0 radical (unpaired) electrons. The third-order valence-electron chi connectivity index (χ3n) is 3.37. The largest absolute Gasteiger partial charge is 0.487 e. The monoisotopic (exact) mass is 323 g/mol. The first-order valence-corrected chi connectivity index (χ1v) is 7.71. The summed E-state index contributed by atoms with van der Waals surface area (Å²) >= 11 is 0. The number of hydroxylamine groups is 1. The first-order valence-electron chi connectivity index (χ1n) is 7.71. The van der Waals surface area contributed by atoms with Crippen molar-refractivity contribution in [3.8, 4) is 16.9 Å². The summed E-state index contributed by atoms with van der Waals surface area (Å²) < 4.78 is 5.92. The van der Waals surface area contributed by atoms with E-state index in [0.29, 0.717) is 0 Å². The highest BCUT2D eigenvalue weighted by atomic mass is 16.5. The molecule has 0 saturated heterocycles. The maximum Gasteiger partial charge on any atom is 0.267 e. The van der Waals surface area contributed by atoms with E-state index >= 15 is 0 Å². The van der Waals surface area contributed by atoms with Gasteiger partial charge in [0.25, 0.3) is 5.91 Å². The van der Waals surface area contributed by atoms with E-state index in [0.717, 1.165) is 22.4 Å². The van der Waals surface area contributed by atoms with Gasteiger partial charge in [-0.1, -0.05) is 54.1 Å². The summed E-state index contributed by atoms with van der Waals surface area (Å²) in [6, 6.07) is 18.1. The van der Waals surface area contributed by atoms with Crippen LogP contribution in [0.2, 0.25) is 0 Å². The van der Waals surface area contributed by atoms with Gasteiger partial charge in [-0.2, -0.15) is 0 Å². The number of carbonyl (C=O) groups excluding carboxylic acids is 1. The Morgan fingerprint density at radius 1 is 1.08 bits per heavy atom. The zero-order valence-electron chi connectivity index (χ0n) is 13.8. The predicted octanol–water partition coefficient (Wildman–Crippen LogP) is 4.13. The molecule has 1 unspecified atom stereocenters. The molecular formula is C20H21NO3. The third-order valence-corrected chi connectivity index (χ3v) is 3.37. The molecule has 124 valence electrons. The number of amides is 1. The molecule has 0 saturated carbocycles. The molecule has 4 nitrogen and oxygen atoms in total.